The zero-order chi connectivity index (χ0) is 13.5. The second-order valence-electron chi connectivity index (χ2n) is 5.12. The summed E-state index contributed by atoms with van der Waals surface area (Å²) in [4.78, 5) is 13.3. The minimum absolute atomic E-state index is 0.504. The smallest absolute Gasteiger partial charge is 0.163 e. The Kier molecular flexibility index (Phi) is 2.67. The molecule has 4 rings (SSSR count). The van der Waals surface area contributed by atoms with E-state index in [0.717, 1.165) is 22.0 Å². The normalized spacial score (nSPS) is 14.7. The largest absolute Gasteiger partial charge is 0.263 e. The van der Waals surface area contributed by atoms with E-state index in [1.165, 1.54) is 12.8 Å². The Morgan fingerprint density at radius 3 is 2.75 bits per heavy atom. The lowest BCUT2D eigenvalue weighted by molar-refractivity contribution is 0.994. The lowest BCUT2D eigenvalue weighted by Gasteiger charge is -2.07. The number of nitrogens with zero attached hydrogens (tertiary/aromatic N) is 3. The number of pyridine rings is 1. The lowest BCUT2D eigenvalue weighted by Crippen LogP contribution is -1.96. The Balaban J connectivity index is 1.94. The van der Waals surface area contributed by atoms with Gasteiger partial charge in [0.05, 0.1) is 0 Å². The third-order valence-corrected chi connectivity index (χ3v) is 3.81. The van der Waals surface area contributed by atoms with Crippen molar-refractivity contribution in [3.8, 4) is 11.4 Å². The lowest BCUT2D eigenvalue weighted by atomic mass is 10.1. The van der Waals surface area contributed by atoms with Crippen molar-refractivity contribution in [2.45, 2.75) is 18.8 Å². The summed E-state index contributed by atoms with van der Waals surface area (Å²) in [6.07, 6.45) is 6.05. The zero-order valence-corrected chi connectivity index (χ0v) is 11.5. The van der Waals surface area contributed by atoms with Crippen LogP contribution < -0.4 is 0 Å². The standard InChI is InChI=1S/C16H12ClN3/c17-15-7-14(10-5-6-10)19-16(20-15)13-9-18-8-11-3-1-2-4-12(11)13/h1-4,7-10H,5-6H2. The van der Waals surface area contributed by atoms with E-state index in [2.05, 4.69) is 21.0 Å². The van der Waals surface area contributed by atoms with E-state index in [-0.39, 0.29) is 0 Å². The van der Waals surface area contributed by atoms with Crippen molar-refractivity contribution in [2.75, 3.05) is 0 Å². The SMILES string of the molecule is Clc1cc(C2CC2)nc(-c2cncc3ccccc23)n1. The molecule has 1 aliphatic carbocycles. The molecule has 1 aromatic carbocycles. The fourth-order valence-corrected chi connectivity index (χ4v) is 2.63. The number of halogens is 1. The van der Waals surface area contributed by atoms with Crippen molar-refractivity contribution in [3.05, 3.63) is 53.6 Å². The summed E-state index contributed by atoms with van der Waals surface area (Å²) in [7, 11) is 0. The van der Waals surface area contributed by atoms with E-state index in [4.69, 9.17) is 11.6 Å². The van der Waals surface area contributed by atoms with Crippen molar-refractivity contribution in [3.63, 3.8) is 0 Å². The maximum Gasteiger partial charge on any atom is 0.163 e. The van der Waals surface area contributed by atoms with Crippen molar-refractivity contribution in [2.24, 2.45) is 0 Å². The van der Waals surface area contributed by atoms with Crippen LogP contribution in [-0.2, 0) is 0 Å². The van der Waals surface area contributed by atoms with Gasteiger partial charge in [0.25, 0.3) is 0 Å². The Morgan fingerprint density at radius 2 is 1.90 bits per heavy atom. The Bertz CT molecular complexity index is 791. The molecule has 0 unspecified atom stereocenters. The number of rotatable bonds is 2. The molecule has 3 aromatic rings. The summed E-state index contributed by atoms with van der Waals surface area (Å²) in [5.41, 5.74) is 1.99. The van der Waals surface area contributed by atoms with Crippen molar-refractivity contribution in [1.82, 2.24) is 15.0 Å². The van der Waals surface area contributed by atoms with Crippen LogP contribution >= 0.6 is 11.6 Å². The second kappa shape index (κ2) is 4.53. The van der Waals surface area contributed by atoms with Crippen LogP contribution in [0.2, 0.25) is 5.15 Å². The summed E-state index contributed by atoms with van der Waals surface area (Å²) in [5, 5.41) is 2.69. The van der Waals surface area contributed by atoms with Crippen LogP contribution in [0.3, 0.4) is 0 Å². The van der Waals surface area contributed by atoms with Crippen LogP contribution in [0.15, 0.2) is 42.7 Å². The van der Waals surface area contributed by atoms with E-state index in [9.17, 15) is 0 Å². The van der Waals surface area contributed by atoms with Crippen LogP contribution in [0.4, 0.5) is 0 Å². The molecule has 4 heteroatoms. The molecule has 0 saturated heterocycles. The van der Waals surface area contributed by atoms with Crippen LogP contribution in [-0.4, -0.2) is 15.0 Å². The number of aromatic nitrogens is 3. The van der Waals surface area contributed by atoms with E-state index in [1.54, 1.807) is 0 Å². The molecule has 2 aromatic heterocycles. The van der Waals surface area contributed by atoms with Gasteiger partial charge in [-0.1, -0.05) is 35.9 Å². The first-order chi connectivity index (χ1) is 9.81. The molecule has 1 aliphatic rings. The first-order valence-corrected chi connectivity index (χ1v) is 7.06. The maximum absolute atomic E-state index is 6.15. The topological polar surface area (TPSA) is 38.7 Å². The number of hydrogen-bond donors (Lipinski definition) is 0. The zero-order valence-electron chi connectivity index (χ0n) is 10.8. The van der Waals surface area contributed by atoms with Gasteiger partial charge in [-0.05, 0) is 24.3 Å². The summed E-state index contributed by atoms with van der Waals surface area (Å²) in [6, 6.07) is 9.99. The average Bonchev–Trinajstić information content (AvgIpc) is 3.30. The third-order valence-electron chi connectivity index (χ3n) is 3.62. The fraction of sp³-hybridized carbons (Fsp3) is 0.188. The number of fused-ring (bicyclic) bond motifs is 1. The minimum atomic E-state index is 0.504. The van der Waals surface area contributed by atoms with Gasteiger partial charge >= 0.3 is 0 Å². The van der Waals surface area contributed by atoms with E-state index in [0.29, 0.717) is 16.9 Å². The predicted molar refractivity (Wildman–Crippen MR) is 79.8 cm³/mol. The number of benzene rings is 1. The molecule has 20 heavy (non-hydrogen) atoms. The van der Waals surface area contributed by atoms with Gasteiger partial charge in [-0.2, -0.15) is 0 Å². The molecule has 2 heterocycles. The fourth-order valence-electron chi connectivity index (χ4n) is 2.44. The molecule has 0 aliphatic heterocycles. The molecule has 98 valence electrons. The highest BCUT2D eigenvalue weighted by Crippen LogP contribution is 2.40. The molecule has 1 fully saturated rings. The van der Waals surface area contributed by atoms with Crippen molar-refractivity contribution in [1.29, 1.82) is 0 Å². The summed E-state index contributed by atoms with van der Waals surface area (Å²) in [5.74, 6) is 1.22. The Morgan fingerprint density at radius 1 is 1.05 bits per heavy atom. The van der Waals surface area contributed by atoms with Crippen molar-refractivity contribution < 1.29 is 0 Å². The number of hydrogen-bond acceptors (Lipinski definition) is 3. The molecule has 3 nitrogen and oxygen atoms in total. The van der Waals surface area contributed by atoms with E-state index in [1.807, 2.05) is 36.7 Å². The van der Waals surface area contributed by atoms with Gasteiger partial charge in [0.15, 0.2) is 5.82 Å². The minimum Gasteiger partial charge on any atom is -0.263 e. The van der Waals surface area contributed by atoms with Gasteiger partial charge in [0.2, 0.25) is 0 Å². The van der Waals surface area contributed by atoms with Gasteiger partial charge < -0.3 is 0 Å². The maximum atomic E-state index is 6.15. The highest BCUT2D eigenvalue weighted by Gasteiger charge is 2.26. The first-order valence-electron chi connectivity index (χ1n) is 6.69. The van der Waals surface area contributed by atoms with Crippen molar-refractivity contribution >= 4 is 22.4 Å². The molecular weight excluding hydrogens is 270 g/mol. The van der Waals surface area contributed by atoms with Gasteiger partial charge in [0.1, 0.15) is 5.15 Å². The quantitative estimate of drug-likeness (QED) is 0.660. The molecule has 1 saturated carbocycles. The molecule has 0 bridgehead atoms. The third kappa shape index (κ3) is 2.04. The molecule has 0 amide bonds. The van der Waals surface area contributed by atoms with E-state index >= 15 is 0 Å². The predicted octanol–water partition coefficient (Wildman–Crippen LogP) is 4.22. The second-order valence-corrected chi connectivity index (χ2v) is 5.51. The Hall–Kier alpha value is -2.00. The van der Waals surface area contributed by atoms with Crippen LogP contribution in [0.5, 0.6) is 0 Å². The average molecular weight is 282 g/mol. The summed E-state index contributed by atoms with van der Waals surface area (Å²) < 4.78 is 0. The van der Waals surface area contributed by atoms with Gasteiger partial charge in [-0.15, -0.1) is 0 Å². The van der Waals surface area contributed by atoms with Gasteiger partial charge in [-0.3, -0.25) is 4.98 Å². The summed E-state index contributed by atoms with van der Waals surface area (Å²) in [6.45, 7) is 0. The van der Waals surface area contributed by atoms with E-state index < -0.39 is 0 Å². The highest BCUT2D eigenvalue weighted by molar-refractivity contribution is 6.29. The molecular formula is C16H12ClN3. The summed E-state index contributed by atoms with van der Waals surface area (Å²) >= 11 is 6.15. The molecule has 0 N–H and O–H groups in total. The van der Waals surface area contributed by atoms with Crippen LogP contribution in [0.25, 0.3) is 22.2 Å². The first kappa shape index (κ1) is 11.8. The molecule has 0 spiro atoms. The monoisotopic (exact) mass is 281 g/mol. The van der Waals surface area contributed by atoms with Crippen LogP contribution in [0.1, 0.15) is 24.5 Å². The Labute approximate surface area is 121 Å². The molecule has 0 atom stereocenters. The van der Waals surface area contributed by atoms with Gasteiger partial charge in [-0.25, -0.2) is 9.97 Å². The van der Waals surface area contributed by atoms with Gasteiger partial charge in [0, 0.05) is 35.0 Å². The molecule has 0 radical (unpaired) electrons. The highest BCUT2D eigenvalue weighted by atomic mass is 35.5. The van der Waals surface area contributed by atoms with Crippen LogP contribution in [0, 0.1) is 0 Å².